The number of carbonyl (C=O) groups is 1. The van der Waals surface area contributed by atoms with Crippen molar-refractivity contribution in [3.8, 4) is 0 Å². The van der Waals surface area contributed by atoms with Crippen molar-refractivity contribution in [3.05, 3.63) is 70.3 Å². The van der Waals surface area contributed by atoms with Crippen LogP contribution in [0.1, 0.15) is 22.3 Å². The maximum Gasteiger partial charge on any atom is 0.266 e. The van der Waals surface area contributed by atoms with Crippen LogP contribution in [0.3, 0.4) is 0 Å². The molecular formula is C18H17F2N3O. The van der Waals surface area contributed by atoms with E-state index in [0.29, 0.717) is 5.56 Å². The maximum atomic E-state index is 13.8. The smallest absolute Gasteiger partial charge is 0.266 e. The number of carbonyl (C=O) groups excluding carboxylic acids is 1. The topological polar surface area (TPSA) is 58.7 Å². The van der Waals surface area contributed by atoms with E-state index in [9.17, 15) is 13.6 Å². The summed E-state index contributed by atoms with van der Waals surface area (Å²) in [6, 6.07) is 8.50. The fraction of sp³-hybridized carbons (Fsp3) is 0.222. The van der Waals surface area contributed by atoms with Crippen molar-refractivity contribution in [1.29, 1.82) is 0 Å². The summed E-state index contributed by atoms with van der Waals surface area (Å²) in [7, 11) is 1.49. The fourth-order valence-corrected chi connectivity index (χ4v) is 3.13. The van der Waals surface area contributed by atoms with Gasteiger partial charge in [0.1, 0.15) is 11.6 Å². The molecule has 1 heterocycles. The number of likely N-dealkylation sites (N-methyl/N-ethyl adjacent to an activating group) is 1. The number of rotatable bonds is 2. The van der Waals surface area contributed by atoms with Crippen LogP contribution in [0.2, 0.25) is 0 Å². The Labute approximate surface area is 138 Å². The van der Waals surface area contributed by atoms with Gasteiger partial charge in [-0.05, 0) is 37.1 Å². The van der Waals surface area contributed by atoms with E-state index in [4.69, 9.17) is 5.73 Å². The Bertz CT molecular complexity index is 785. The van der Waals surface area contributed by atoms with Crippen LogP contribution in [0.25, 0.3) is 0 Å². The molecule has 124 valence electrons. The Kier molecular flexibility index (Phi) is 3.63. The van der Waals surface area contributed by atoms with Crippen LogP contribution in [0.15, 0.2) is 41.4 Å². The third-order valence-electron chi connectivity index (χ3n) is 4.16. The molecule has 4 nitrogen and oxygen atoms in total. The predicted octanol–water partition coefficient (Wildman–Crippen LogP) is 2.61. The van der Waals surface area contributed by atoms with Crippen LogP contribution >= 0.6 is 0 Å². The van der Waals surface area contributed by atoms with Gasteiger partial charge in [0, 0.05) is 13.1 Å². The second kappa shape index (κ2) is 5.40. The van der Waals surface area contributed by atoms with E-state index in [0.717, 1.165) is 29.3 Å². The van der Waals surface area contributed by atoms with E-state index < -0.39 is 23.1 Å². The zero-order valence-corrected chi connectivity index (χ0v) is 13.6. The number of benzene rings is 2. The summed E-state index contributed by atoms with van der Waals surface area (Å²) in [5.74, 6) is -1.99. The van der Waals surface area contributed by atoms with Crippen LogP contribution in [0, 0.1) is 25.5 Å². The van der Waals surface area contributed by atoms with Crippen LogP contribution < -0.4 is 5.73 Å². The Morgan fingerprint density at radius 1 is 0.958 bits per heavy atom. The molecule has 1 unspecified atom stereocenters. The second-order valence-electron chi connectivity index (χ2n) is 6.08. The fourth-order valence-electron chi connectivity index (χ4n) is 3.13. The van der Waals surface area contributed by atoms with E-state index in [2.05, 4.69) is 4.99 Å². The van der Waals surface area contributed by atoms with E-state index in [1.165, 1.54) is 11.9 Å². The van der Waals surface area contributed by atoms with Crippen LogP contribution in [0.5, 0.6) is 0 Å². The third kappa shape index (κ3) is 2.35. The molecule has 0 saturated heterocycles. The summed E-state index contributed by atoms with van der Waals surface area (Å²) in [4.78, 5) is 18.5. The molecule has 2 aromatic rings. The molecule has 0 spiro atoms. The first-order chi connectivity index (χ1) is 11.2. The lowest BCUT2D eigenvalue weighted by molar-refractivity contribution is -0.129. The van der Waals surface area contributed by atoms with Crippen LogP contribution in [-0.2, 0) is 10.3 Å². The van der Waals surface area contributed by atoms with Gasteiger partial charge in [-0.15, -0.1) is 0 Å². The molecule has 0 fully saturated rings. The molecule has 24 heavy (non-hydrogen) atoms. The second-order valence-corrected chi connectivity index (χ2v) is 6.08. The molecule has 0 radical (unpaired) electrons. The van der Waals surface area contributed by atoms with E-state index in [1.807, 2.05) is 19.9 Å². The van der Waals surface area contributed by atoms with Crippen molar-refractivity contribution in [2.45, 2.75) is 19.4 Å². The molecule has 0 bridgehead atoms. The minimum absolute atomic E-state index is 0.00354. The van der Waals surface area contributed by atoms with Gasteiger partial charge in [-0.3, -0.25) is 9.69 Å². The minimum Gasteiger partial charge on any atom is -0.369 e. The van der Waals surface area contributed by atoms with Crippen molar-refractivity contribution in [1.82, 2.24) is 4.90 Å². The largest absolute Gasteiger partial charge is 0.369 e. The van der Waals surface area contributed by atoms with E-state index in [-0.39, 0.29) is 11.5 Å². The number of nitrogens with zero attached hydrogens (tertiary/aromatic N) is 2. The van der Waals surface area contributed by atoms with Crippen molar-refractivity contribution in [2.24, 2.45) is 10.7 Å². The first kappa shape index (κ1) is 16.1. The third-order valence-corrected chi connectivity index (χ3v) is 4.16. The standard InChI is InChI=1S/C18H17F2N3O/c1-10-4-11(2)6-12(5-10)18(16(24)23(3)17(21)22-18)13-7-14(19)9-15(20)8-13/h4-9H,1-3H3,(H2,21,22). The molecule has 0 aliphatic carbocycles. The summed E-state index contributed by atoms with van der Waals surface area (Å²) in [6.45, 7) is 3.76. The number of hydrogen-bond acceptors (Lipinski definition) is 3. The molecule has 3 rings (SSSR count). The lowest BCUT2D eigenvalue weighted by Gasteiger charge is -2.27. The summed E-state index contributed by atoms with van der Waals surface area (Å²) < 4.78 is 27.6. The highest BCUT2D eigenvalue weighted by molar-refractivity contribution is 6.08. The van der Waals surface area contributed by atoms with Crippen molar-refractivity contribution >= 4 is 11.9 Å². The zero-order chi connectivity index (χ0) is 17.6. The van der Waals surface area contributed by atoms with E-state index in [1.54, 1.807) is 12.1 Å². The van der Waals surface area contributed by atoms with Crippen molar-refractivity contribution in [3.63, 3.8) is 0 Å². The molecule has 2 N–H and O–H groups in total. The van der Waals surface area contributed by atoms with Crippen LogP contribution in [-0.4, -0.2) is 23.8 Å². The molecular weight excluding hydrogens is 312 g/mol. The summed E-state index contributed by atoms with van der Waals surface area (Å²) in [5.41, 5.74) is 6.73. The van der Waals surface area contributed by atoms with Gasteiger partial charge < -0.3 is 5.73 Å². The van der Waals surface area contributed by atoms with Gasteiger partial charge in [-0.1, -0.05) is 29.3 Å². The summed E-state index contributed by atoms with van der Waals surface area (Å²) >= 11 is 0. The van der Waals surface area contributed by atoms with Gasteiger partial charge in [-0.2, -0.15) is 0 Å². The van der Waals surface area contributed by atoms with Gasteiger partial charge >= 0.3 is 0 Å². The average Bonchev–Trinajstić information content (AvgIpc) is 2.70. The zero-order valence-electron chi connectivity index (χ0n) is 13.6. The first-order valence-electron chi connectivity index (χ1n) is 7.43. The van der Waals surface area contributed by atoms with Gasteiger partial charge in [0.15, 0.2) is 11.5 Å². The number of nitrogens with two attached hydrogens (primary N) is 1. The maximum absolute atomic E-state index is 13.8. The SMILES string of the molecule is Cc1cc(C)cc(C2(c3cc(F)cc(F)c3)N=C(N)N(C)C2=O)c1. The van der Waals surface area contributed by atoms with Gasteiger partial charge in [0.2, 0.25) is 0 Å². The van der Waals surface area contributed by atoms with Gasteiger partial charge in [0.05, 0.1) is 0 Å². The normalized spacial score (nSPS) is 20.5. The van der Waals surface area contributed by atoms with E-state index >= 15 is 0 Å². The predicted molar refractivity (Wildman–Crippen MR) is 87.4 cm³/mol. The molecule has 0 aromatic heterocycles. The monoisotopic (exact) mass is 329 g/mol. The van der Waals surface area contributed by atoms with Gasteiger partial charge in [0.25, 0.3) is 5.91 Å². The number of aliphatic imine (C=N–C) groups is 1. The molecule has 1 aliphatic rings. The highest BCUT2D eigenvalue weighted by atomic mass is 19.1. The highest BCUT2D eigenvalue weighted by Gasteiger charge is 2.50. The Morgan fingerprint density at radius 3 is 1.92 bits per heavy atom. The Balaban J connectivity index is 2.36. The molecule has 6 heteroatoms. The Morgan fingerprint density at radius 2 is 1.46 bits per heavy atom. The van der Waals surface area contributed by atoms with Crippen LogP contribution in [0.4, 0.5) is 8.78 Å². The first-order valence-corrected chi connectivity index (χ1v) is 7.43. The minimum atomic E-state index is -1.58. The molecule has 0 saturated carbocycles. The molecule has 2 aromatic carbocycles. The van der Waals surface area contributed by atoms with Gasteiger partial charge in [-0.25, -0.2) is 13.8 Å². The lowest BCUT2D eigenvalue weighted by Crippen LogP contribution is -2.41. The van der Waals surface area contributed by atoms with Crippen molar-refractivity contribution < 1.29 is 13.6 Å². The summed E-state index contributed by atoms with van der Waals surface area (Å²) in [6.07, 6.45) is 0. The number of halogens is 2. The lowest BCUT2D eigenvalue weighted by atomic mass is 9.81. The number of amides is 1. The number of hydrogen-bond donors (Lipinski definition) is 1. The summed E-state index contributed by atoms with van der Waals surface area (Å²) in [5, 5.41) is 0. The molecule has 1 amide bonds. The Hall–Kier alpha value is -2.76. The highest BCUT2D eigenvalue weighted by Crippen LogP contribution is 2.40. The quantitative estimate of drug-likeness (QED) is 0.921. The van der Waals surface area contributed by atoms with Crippen molar-refractivity contribution in [2.75, 3.05) is 7.05 Å². The molecule has 1 aliphatic heterocycles. The average molecular weight is 329 g/mol. The number of aryl methyl sites for hydroxylation is 2. The molecule has 1 atom stereocenters. The number of guanidine groups is 1.